The Kier molecular flexibility index (Phi) is 4.74. The number of aliphatic carboxylic acids is 1. The number of nitrogens with zero attached hydrogens (tertiary/aromatic N) is 2. The number of rotatable bonds is 4. The predicted octanol–water partition coefficient (Wildman–Crippen LogP) is 0.902. The molecule has 1 rings (SSSR count). The molecule has 1 N–H and O–H groups in total. The van der Waals surface area contributed by atoms with E-state index in [4.69, 9.17) is 5.11 Å². The van der Waals surface area contributed by atoms with Gasteiger partial charge in [0.1, 0.15) is 5.54 Å². The van der Waals surface area contributed by atoms with Gasteiger partial charge in [-0.1, -0.05) is 12.8 Å². The van der Waals surface area contributed by atoms with Crippen LogP contribution < -0.4 is 0 Å². The summed E-state index contributed by atoms with van der Waals surface area (Å²) in [5.74, 6) is -1.15. The minimum atomic E-state index is -3.70. The van der Waals surface area contributed by atoms with Gasteiger partial charge in [-0.3, -0.25) is 4.79 Å². The average Bonchev–Trinajstić information content (AvgIpc) is 2.56. The van der Waals surface area contributed by atoms with Crippen LogP contribution in [0.3, 0.4) is 0 Å². The molecule has 1 aliphatic rings. The van der Waals surface area contributed by atoms with Crippen LogP contribution in [0.5, 0.6) is 0 Å². The highest BCUT2D eigenvalue weighted by Gasteiger charge is 2.41. The molecule has 1 saturated heterocycles. The molecule has 0 radical (unpaired) electrons. The maximum atomic E-state index is 12.4. The van der Waals surface area contributed by atoms with Crippen LogP contribution in [0.2, 0.25) is 0 Å². The van der Waals surface area contributed by atoms with E-state index in [2.05, 4.69) is 0 Å². The number of carboxylic acid groups (broad SMARTS) is 1. The summed E-state index contributed by atoms with van der Waals surface area (Å²) in [7, 11) is -2.37. The van der Waals surface area contributed by atoms with Crippen LogP contribution in [-0.2, 0) is 15.0 Å². The summed E-state index contributed by atoms with van der Waals surface area (Å²) >= 11 is 0. The van der Waals surface area contributed by atoms with Gasteiger partial charge in [0, 0.05) is 20.1 Å². The Morgan fingerprint density at radius 3 is 2.00 bits per heavy atom. The van der Waals surface area contributed by atoms with Gasteiger partial charge in [-0.25, -0.2) is 0 Å². The standard InChI is InChI=1S/C11H22N2O4S/c1-11(2,10(14)15)12(3)18(16,17)13-8-6-4-5-7-9-13/h4-9H2,1-3H3,(H,14,15). The van der Waals surface area contributed by atoms with Gasteiger partial charge in [0.15, 0.2) is 0 Å². The second-order valence-corrected chi connectivity index (χ2v) is 7.11. The summed E-state index contributed by atoms with van der Waals surface area (Å²) < 4.78 is 27.1. The second-order valence-electron chi connectivity index (χ2n) is 5.15. The molecule has 1 heterocycles. The summed E-state index contributed by atoms with van der Waals surface area (Å²) in [6, 6.07) is 0. The van der Waals surface area contributed by atoms with Gasteiger partial charge in [-0.2, -0.15) is 17.0 Å². The topological polar surface area (TPSA) is 77.9 Å². The summed E-state index contributed by atoms with van der Waals surface area (Å²) in [5, 5.41) is 9.10. The molecular formula is C11H22N2O4S. The Bertz CT molecular complexity index is 397. The highest BCUT2D eigenvalue weighted by atomic mass is 32.2. The SMILES string of the molecule is CN(C(C)(C)C(=O)O)S(=O)(=O)N1CCCCCC1. The molecule has 106 valence electrons. The molecule has 0 aliphatic carbocycles. The van der Waals surface area contributed by atoms with E-state index in [1.807, 2.05) is 0 Å². The van der Waals surface area contributed by atoms with Crippen molar-refractivity contribution in [3.8, 4) is 0 Å². The monoisotopic (exact) mass is 278 g/mol. The number of carboxylic acids is 1. The van der Waals surface area contributed by atoms with Crippen molar-refractivity contribution in [2.45, 2.75) is 45.1 Å². The van der Waals surface area contributed by atoms with Crippen molar-refractivity contribution in [3.05, 3.63) is 0 Å². The molecule has 18 heavy (non-hydrogen) atoms. The van der Waals surface area contributed by atoms with Gasteiger partial charge in [0.05, 0.1) is 0 Å². The first-order valence-electron chi connectivity index (χ1n) is 6.18. The molecule has 0 amide bonds. The minimum Gasteiger partial charge on any atom is -0.480 e. The van der Waals surface area contributed by atoms with Crippen molar-refractivity contribution < 1.29 is 18.3 Å². The molecule has 0 aromatic heterocycles. The predicted molar refractivity (Wildman–Crippen MR) is 68.4 cm³/mol. The van der Waals surface area contributed by atoms with Crippen LogP contribution in [-0.4, -0.2) is 53.8 Å². The highest BCUT2D eigenvalue weighted by Crippen LogP contribution is 2.22. The highest BCUT2D eigenvalue weighted by molar-refractivity contribution is 7.86. The van der Waals surface area contributed by atoms with Crippen molar-refractivity contribution in [2.24, 2.45) is 0 Å². The minimum absolute atomic E-state index is 0.475. The molecule has 7 heteroatoms. The van der Waals surface area contributed by atoms with E-state index < -0.39 is 21.7 Å². The molecule has 1 aliphatic heterocycles. The molecule has 6 nitrogen and oxygen atoms in total. The number of likely N-dealkylation sites (N-methyl/N-ethyl adjacent to an activating group) is 1. The quantitative estimate of drug-likeness (QED) is 0.829. The zero-order chi connectivity index (χ0) is 14.0. The Balaban J connectivity index is 2.94. The second kappa shape index (κ2) is 5.54. The zero-order valence-electron chi connectivity index (χ0n) is 11.2. The van der Waals surface area contributed by atoms with Gasteiger partial charge in [0.2, 0.25) is 0 Å². The van der Waals surface area contributed by atoms with Crippen LogP contribution in [0.15, 0.2) is 0 Å². The van der Waals surface area contributed by atoms with Gasteiger partial charge >= 0.3 is 5.97 Å². The molecule has 0 atom stereocenters. The van der Waals surface area contributed by atoms with E-state index in [-0.39, 0.29) is 0 Å². The summed E-state index contributed by atoms with van der Waals surface area (Å²) in [6.07, 6.45) is 3.72. The van der Waals surface area contributed by atoms with Crippen LogP contribution in [0.25, 0.3) is 0 Å². The van der Waals surface area contributed by atoms with Crippen molar-refractivity contribution >= 4 is 16.2 Å². The lowest BCUT2D eigenvalue weighted by molar-refractivity contribution is -0.146. The van der Waals surface area contributed by atoms with Crippen molar-refractivity contribution in [1.82, 2.24) is 8.61 Å². The van der Waals surface area contributed by atoms with E-state index in [9.17, 15) is 13.2 Å². The normalized spacial score (nSPS) is 19.8. The van der Waals surface area contributed by atoms with E-state index in [0.29, 0.717) is 13.1 Å². The fourth-order valence-corrected chi connectivity index (χ4v) is 3.59. The summed E-state index contributed by atoms with van der Waals surface area (Å²) in [6.45, 7) is 3.74. The van der Waals surface area contributed by atoms with Crippen LogP contribution in [0, 0.1) is 0 Å². The molecule has 0 unspecified atom stereocenters. The fraction of sp³-hybridized carbons (Fsp3) is 0.909. The smallest absolute Gasteiger partial charge is 0.324 e. The van der Waals surface area contributed by atoms with E-state index in [1.54, 1.807) is 0 Å². The van der Waals surface area contributed by atoms with Crippen LogP contribution in [0.1, 0.15) is 39.5 Å². The molecular weight excluding hydrogens is 256 g/mol. The third kappa shape index (κ3) is 3.02. The van der Waals surface area contributed by atoms with Crippen molar-refractivity contribution in [3.63, 3.8) is 0 Å². The molecule has 0 aromatic rings. The van der Waals surface area contributed by atoms with Gasteiger partial charge < -0.3 is 5.11 Å². The zero-order valence-corrected chi connectivity index (χ0v) is 12.0. The van der Waals surface area contributed by atoms with E-state index in [1.165, 1.54) is 25.2 Å². The molecule has 1 fully saturated rings. The largest absolute Gasteiger partial charge is 0.480 e. The maximum absolute atomic E-state index is 12.4. The fourth-order valence-electron chi connectivity index (χ4n) is 1.87. The first-order valence-corrected chi connectivity index (χ1v) is 7.58. The molecule has 0 aromatic carbocycles. The van der Waals surface area contributed by atoms with Gasteiger partial charge in [-0.05, 0) is 26.7 Å². The van der Waals surface area contributed by atoms with Crippen LogP contribution >= 0.6 is 0 Å². The number of hydrogen-bond acceptors (Lipinski definition) is 3. The van der Waals surface area contributed by atoms with E-state index in [0.717, 1.165) is 30.0 Å². The molecule has 0 saturated carbocycles. The summed E-state index contributed by atoms with van der Waals surface area (Å²) in [4.78, 5) is 11.1. The first-order chi connectivity index (χ1) is 8.20. The molecule has 0 spiro atoms. The van der Waals surface area contributed by atoms with Gasteiger partial charge in [-0.15, -0.1) is 0 Å². The lowest BCUT2D eigenvalue weighted by atomic mass is 10.1. The van der Waals surface area contributed by atoms with Crippen molar-refractivity contribution in [2.75, 3.05) is 20.1 Å². The Morgan fingerprint density at radius 1 is 1.17 bits per heavy atom. The lowest BCUT2D eigenvalue weighted by Crippen LogP contribution is -2.55. The Morgan fingerprint density at radius 2 is 1.61 bits per heavy atom. The number of hydrogen-bond donors (Lipinski definition) is 1. The number of carbonyl (C=O) groups is 1. The van der Waals surface area contributed by atoms with Crippen molar-refractivity contribution in [1.29, 1.82) is 0 Å². The Labute approximate surface area is 109 Å². The average molecular weight is 278 g/mol. The third-order valence-electron chi connectivity index (χ3n) is 3.55. The molecule has 0 bridgehead atoms. The van der Waals surface area contributed by atoms with Crippen LogP contribution in [0.4, 0.5) is 0 Å². The third-order valence-corrected chi connectivity index (χ3v) is 5.71. The lowest BCUT2D eigenvalue weighted by Gasteiger charge is -2.34. The maximum Gasteiger partial charge on any atom is 0.324 e. The van der Waals surface area contributed by atoms with Gasteiger partial charge in [0.25, 0.3) is 10.2 Å². The summed E-state index contributed by atoms with van der Waals surface area (Å²) in [5.41, 5.74) is -1.44. The first kappa shape index (κ1) is 15.4. The van der Waals surface area contributed by atoms with E-state index >= 15 is 0 Å². The Hall–Kier alpha value is -0.660.